The van der Waals surface area contributed by atoms with Crippen molar-refractivity contribution in [1.29, 1.82) is 5.26 Å². The minimum absolute atomic E-state index is 0.157. The van der Waals surface area contributed by atoms with Crippen LogP contribution in [0.5, 0.6) is 0 Å². The number of rotatable bonds is 3. The molecule has 1 aromatic heterocycles. The fourth-order valence-corrected chi connectivity index (χ4v) is 2.01. The molecule has 0 spiro atoms. The van der Waals surface area contributed by atoms with Crippen LogP contribution in [0.15, 0.2) is 42.7 Å². The number of carbonyl (C=O) groups excluding carboxylic acids is 1. The number of nitriles is 1. The smallest absolute Gasteiger partial charge is 0.184 e. The van der Waals surface area contributed by atoms with Gasteiger partial charge in [-0.3, -0.25) is 9.78 Å². The Bertz CT molecular complexity index is 642. The Labute approximate surface area is 112 Å². The number of pyridine rings is 1. The van der Waals surface area contributed by atoms with Crippen LogP contribution in [-0.4, -0.2) is 10.8 Å². The van der Waals surface area contributed by atoms with Crippen molar-refractivity contribution in [2.45, 2.75) is 19.8 Å². The van der Waals surface area contributed by atoms with Crippen molar-refractivity contribution < 1.29 is 4.79 Å². The first-order chi connectivity index (χ1) is 9.15. The third kappa shape index (κ3) is 2.53. The molecule has 0 fully saturated rings. The number of aromatic nitrogens is 1. The number of benzene rings is 1. The average molecular weight is 250 g/mol. The van der Waals surface area contributed by atoms with Gasteiger partial charge in [0.1, 0.15) is 5.92 Å². The third-order valence-corrected chi connectivity index (χ3v) is 3.30. The van der Waals surface area contributed by atoms with Crippen molar-refractivity contribution in [3.05, 3.63) is 65.0 Å². The van der Waals surface area contributed by atoms with Crippen molar-refractivity contribution in [3.63, 3.8) is 0 Å². The maximum atomic E-state index is 12.5. The Morgan fingerprint density at radius 1 is 1.21 bits per heavy atom. The first kappa shape index (κ1) is 13.0. The van der Waals surface area contributed by atoms with Gasteiger partial charge in [-0.15, -0.1) is 0 Å². The summed E-state index contributed by atoms with van der Waals surface area (Å²) in [7, 11) is 0. The van der Waals surface area contributed by atoms with Crippen molar-refractivity contribution in [3.8, 4) is 6.07 Å². The van der Waals surface area contributed by atoms with E-state index in [-0.39, 0.29) is 5.78 Å². The van der Waals surface area contributed by atoms with Crippen LogP contribution in [0.25, 0.3) is 0 Å². The van der Waals surface area contributed by atoms with Crippen LogP contribution in [0.3, 0.4) is 0 Å². The number of aryl methyl sites for hydroxylation is 1. The highest BCUT2D eigenvalue weighted by atomic mass is 16.1. The number of nitrogens with zero attached hydrogens (tertiary/aromatic N) is 2. The zero-order chi connectivity index (χ0) is 13.8. The summed E-state index contributed by atoms with van der Waals surface area (Å²) >= 11 is 0. The number of ketones is 1. The van der Waals surface area contributed by atoms with Crippen molar-refractivity contribution in [1.82, 2.24) is 4.98 Å². The summed E-state index contributed by atoms with van der Waals surface area (Å²) in [5.41, 5.74) is 3.28. The standard InChI is InChI=1S/C16H14N2O/c1-11-4-3-5-14(12(11)2)16(19)15(10-17)13-6-8-18-9-7-13/h3-9,15H,1-2H3. The summed E-state index contributed by atoms with van der Waals surface area (Å²) in [4.78, 5) is 16.4. The van der Waals surface area contributed by atoms with Gasteiger partial charge in [0.15, 0.2) is 5.78 Å². The zero-order valence-corrected chi connectivity index (χ0v) is 10.9. The molecule has 1 unspecified atom stereocenters. The van der Waals surface area contributed by atoms with E-state index in [1.807, 2.05) is 26.0 Å². The minimum Gasteiger partial charge on any atom is -0.292 e. The molecule has 3 nitrogen and oxygen atoms in total. The molecule has 2 aromatic rings. The van der Waals surface area contributed by atoms with Crippen LogP contribution in [0.2, 0.25) is 0 Å². The van der Waals surface area contributed by atoms with Gasteiger partial charge in [0, 0.05) is 18.0 Å². The van der Waals surface area contributed by atoms with E-state index in [4.69, 9.17) is 0 Å². The van der Waals surface area contributed by atoms with E-state index in [1.54, 1.807) is 30.6 Å². The first-order valence-electron chi connectivity index (χ1n) is 6.05. The molecule has 0 amide bonds. The lowest BCUT2D eigenvalue weighted by Gasteiger charge is -2.11. The van der Waals surface area contributed by atoms with E-state index in [0.717, 1.165) is 11.1 Å². The Balaban J connectivity index is 2.43. The van der Waals surface area contributed by atoms with Gasteiger partial charge in [0.05, 0.1) is 6.07 Å². The lowest BCUT2D eigenvalue weighted by atomic mass is 9.89. The Hall–Kier alpha value is -2.47. The molecular weight excluding hydrogens is 236 g/mol. The van der Waals surface area contributed by atoms with Gasteiger partial charge in [-0.2, -0.15) is 5.26 Å². The van der Waals surface area contributed by atoms with E-state index >= 15 is 0 Å². The second kappa shape index (κ2) is 5.45. The highest BCUT2D eigenvalue weighted by molar-refractivity contribution is 6.04. The summed E-state index contributed by atoms with van der Waals surface area (Å²) in [6.07, 6.45) is 3.19. The minimum atomic E-state index is -0.775. The van der Waals surface area contributed by atoms with Crippen LogP contribution in [-0.2, 0) is 0 Å². The topological polar surface area (TPSA) is 53.8 Å². The second-order valence-corrected chi connectivity index (χ2v) is 4.45. The van der Waals surface area contributed by atoms with Gasteiger partial charge in [0.25, 0.3) is 0 Å². The molecule has 0 saturated heterocycles. The largest absolute Gasteiger partial charge is 0.292 e. The van der Waals surface area contributed by atoms with Gasteiger partial charge < -0.3 is 0 Å². The summed E-state index contributed by atoms with van der Waals surface area (Å²) in [6, 6.07) is 11.1. The molecule has 0 N–H and O–H groups in total. The molecule has 1 heterocycles. The van der Waals surface area contributed by atoms with E-state index in [9.17, 15) is 10.1 Å². The Morgan fingerprint density at radius 2 is 1.89 bits per heavy atom. The molecule has 1 atom stereocenters. The van der Waals surface area contributed by atoms with Crippen LogP contribution < -0.4 is 0 Å². The molecule has 0 saturated carbocycles. The van der Waals surface area contributed by atoms with Crippen LogP contribution >= 0.6 is 0 Å². The maximum Gasteiger partial charge on any atom is 0.184 e. The number of hydrogen-bond donors (Lipinski definition) is 0. The fourth-order valence-electron chi connectivity index (χ4n) is 2.01. The zero-order valence-electron chi connectivity index (χ0n) is 10.9. The molecule has 2 rings (SSSR count). The molecule has 0 aliphatic heterocycles. The molecular formula is C16H14N2O. The monoisotopic (exact) mass is 250 g/mol. The van der Waals surface area contributed by atoms with Gasteiger partial charge in [-0.1, -0.05) is 18.2 Å². The highest BCUT2D eigenvalue weighted by Gasteiger charge is 2.23. The van der Waals surface area contributed by atoms with Crippen LogP contribution in [0, 0.1) is 25.2 Å². The number of Topliss-reactive ketones (excluding diaryl/α,β-unsaturated/α-hetero) is 1. The van der Waals surface area contributed by atoms with Crippen molar-refractivity contribution >= 4 is 5.78 Å². The predicted octanol–water partition coefficient (Wildman–Crippen LogP) is 3.19. The molecule has 94 valence electrons. The average Bonchev–Trinajstić information content (AvgIpc) is 2.44. The van der Waals surface area contributed by atoms with Crippen LogP contribution in [0.1, 0.15) is 33.0 Å². The summed E-state index contributed by atoms with van der Waals surface area (Å²) in [6.45, 7) is 3.86. The van der Waals surface area contributed by atoms with Crippen LogP contribution in [0.4, 0.5) is 0 Å². The molecule has 0 bridgehead atoms. The molecule has 0 aliphatic carbocycles. The first-order valence-corrected chi connectivity index (χ1v) is 6.05. The lowest BCUT2D eigenvalue weighted by Crippen LogP contribution is -2.13. The Kier molecular flexibility index (Phi) is 3.72. The predicted molar refractivity (Wildman–Crippen MR) is 72.8 cm³/mol. The molecule has 19 heavy (non-hydrogen) atoms. The molecule has 1 aromatic carbocycles. The van der Waals surface area contributed by atoms with E-state index < -0.39 is 5.92 Å². The van der Waals surface area contributed by atoms with Gasteiger partial charge in [0.2, 0.25) is 0 Å². The van der Waals surface area contributed by atoms with Gasteiger partial charge in [-0.05, 0) is 42.7 Å². The van der Waals surface area contributed by atoms with Crippen molar-refractivity contribution in [2.75, 3.05) is 0 Å². The summed E-state index contributed by atoms with van der Waals surface area (Å²) < 4.78 is 0. The Morgan fingerprint density at radius 3 is 2.53 bits per heavy atom. The van der Waals surface area contributed by atoms with E-state index in [0.29, 0.717) is 11.1 Å². The summed E-state index contributed by atoms with van der Waals surface area (Å²) in [5, 5.41) is 9.28. The second-order valence-electron chi connectivity index (χ2n) is 4.45. The third-order valence-electron chi connectivity index (χ3n) is 3.30. The quantitative estimate of drug-likeness (QED) is 0.786. The normalized spacial score (nSPS) is 11.6. The van der Waals surface area contributed by atoms with Crippen molar-refractivity contribution in [2.24, 2.45) is 0 Å². The fraction of sp³-hybridized carbons (Fsp3) is 0.188. The highest BCUT2D eigenvalue weighted by Crippen LogP contribution is 2.23. The van der Waals surface area contributed by atoms with Gasteiger partial charge >= 0.3 is 0 Å². The lowest BCUT2D eigenvalue weighted by molar-refractivity contribution is 0.0978. The molecule has 0 radical (unpaired) electrons. The number of carbonyl (C=O) groups is 1. The van der Waals surface area contributed by atoms with E-state index in [1.165, 1.54) is 0 Å². The van der Waals surface area contributed by atoms with Gasteiger partial charge in [-0.25, -0.2) is 0 Å². The molecule has 0 aliphatic rings. The number of hydrogen-bond acceptors (Lipinski definition) is 3. The molecule has 3 heteroatoms. The van der Waals surface area contributed by atoms with E-state index in [2.05, 4.69) is 11.1 Å². The maximum absolute atomic E-state index is 12.5. The summed E-state index contributed by atoms with van der Waals surface area (Å²) in [5.74, 6) is -0.932. The SMILES string of the molecule is Cc1cccc(C(=O)C(C#N)c2ccncc2)c1C.